The van der Waals surface area contributed by atoms with Crippen molar-refractivity contribution in [2.24, 2.45) is 0 Å². The van der Waals surface area contributed by atoms with Crippen molar-refractivity contribution >= 4 is 0 Å². The second kappa shape index (κ2) is 6.89. The van der Waals surface area contributed by atoms with Crippen molar-refractivity contribution < 1.29 is 18.9 Å². The van der Waals surface area contributed by atoms with Crippen molar-refractivity contribution in [2.45, 2.75) is 31.5 Å². The summed E-state index contributed by atoms with van der Waals surface area (Å²) in [5, 5.41) is 0. The van der Waals surface area contributed by atoms with Gasteiger partial charge in [0.2, 0.25) is 0 Å². The highest BCUT2D eigenvalue weighted by molar-refractivity contribution is 4.76. The van der Waals surface area contributed by atoms with Gasteiger partial charge in [-0.25, -0.2) is 0 Å². The standard InChI is InChI=1S/C12H20O4/c1(3-5-13-7-11-9-15-11)2-4-6-14-8-12-10-16-12/h3,5,11-12H,1-2,4,6-10H2. The fourth-order valence-corrected chi connectivity index (χ4v) is 1.31. The van der Waals surface area contributed by atoms with E-state index < -0.39 is 0 Å². The quantitative estimate of drug-likeness (QED) is 0.323. The molecule has 0 saturated carbocycles. The third-order valence-electron chi connectivity index (χ3n) is 2.49. The van der Waals surface area contributed by atoms with E-state index in [-0.39, 0.29) is 0 Å². The van der Waals surface area contributed by atoms with Crippen molar-refractivity contribution in [3.63, 3.8) is 0 Å². The molecule has 2 unspecified atom stereocenters. The summed E-state index contributed by atoms with van der Waals surface area (Å²) in [4.78, 5) is 0. The normalized spacial score (nSPS) is 27.2. The Kier molecular flexibility index (Phi) is 5.12. The summed E-state index contributed by atoms with van der Waals surface area (Å²) in [7, 11) is 0. The number of allylic oxidation sites excluding steroid dienone is 1. The van der Waals surface area contributed by atoms with Crippen molar-refractivity contribution in [3.05, 3.63) is 12.3 Å². The van der Waals surface area contributed by atoms with Gasteiger partial charge in [0.15, 0.2) is 0 Å². The Hall–Kier alpha value is -0.580. The van der Waals surface area contributed by atoms with Gasteiger partial charge in [-0.3, -0.25) is 0 Å². The third-order valence-corrected chi connectivity index (χ3v) is 2.49. The lowest BCUT2D eigenvalue weighted by molar-refractivity contribution is 0.113. The molecule has 2 rings (SSSR count). The molecule has 2 aliphatic rings. The Morgan fingerprint density at radius 1 is 1.06 bits per heavy atom. The average Bonchev–Trinajstić information content (AvgIpc) is 3.14. The van der Waals surface area contributed by atoms with E-state index in [0.717, 1.165) is 45.7 Å². The second-order valence-corrected chi connectivity index (χ2v) is 4.19. The van der Waals surface area contributed by atoms with Crippen LogP contribution in [-0.4, -0.2) is 45.2 Å². The Bertz CT molecular complexity index is 209. The SMILES string of the molecule is C(=COCC1CO1)CCCCOCC1CO1. The van der Waals surface area contributed by atoms with Gasteiger partial charge in [-0.1, -0.05) is 0 Å². The molecule has 92 valence electrons. The molecule has 4 nitrogen and oxygen atoms in total. The first-order valence-electron chi connectivity index (χ1n) is 6.03. The summed E-state index contributed by atoms with van der Waals surface area (Å²) in [6.07, 6.45) is 7.87. The molecular weight excluding hydrogens is 208 g/mol. The second-order valence-electron chi connectivity index (χ2n) is 4.19. The van der Waals surface area contributed by atoms with Gasteiger partial charge in [0.1, 0.15) is 18.8 Å². The van der Waals surface area contributed by atoms with Gasteiger partial charge >= 0.3 is 0 Å². The highest BCUT2D eigenvalue weighted by atomic mass is 16.6. The van der Waals surface area contributed by atoms with Crippen LogP contribution in [0.4, 0.5) is 0 Å². The number of ether oxygens (including phenoxy) is 4. The van der Waals surface area contributed by atoms with Crippen molar-refractivity contribution in [1.29, 1.82) is 0 Å². The molecule has 0 aromatic rings. The van der Waals surface area contributed by atoms with E-state index in [1.165, 1.54) is 0 Å². The zero-order valence-corrected chi connectivity index (χ0v) is 9.60. The van der Waals surface area contributed by atoms with Crippen LogP contribution >= 0.6 is 0 Å². The van der Waals surface area contributed by atoms with Crippen molar-refractivity contribution in [1.82, 2.24) is 0 Å². The first-order valence-corrected chi connectivity index (χ1v) is 6.03. The number of epoxide rings is 2. The molecule has 0 aliphatic carbocycles. The van der Waals surface area contributed by atoms with Crippen LogP contribution in [0.2, 0.25) is 0 Å². The molecule has 2 heterocycles. The molecule has 2 atom stereocenters. The minimum absolute atomic E-state index is 0.350. The minimum Gasteiger partial charge on any atom is -0.499 e. The maximum Gasteiger partial charge on any atom is 0.116 e. The lowest BCUT2D eigenvalue weighted by Gasteiger charge is -2.00. The van der Waals surface area contributed by atoms with E-state index in [4.69, 9.17) is 18.9 Å². The topological polar surface area (TPSA) is 43.5 Å². The Morgan fingerprint density at radius 2 is 1.81 bits per heavy atom. The molecule has 0 aromatic heterocycles. The fraction of sp³-hybridized carbons (Fsp3) is 0.833. The summed E-state index contributed by atoms with van der Waals surface area (Å²) in [6.45, 7) is 4.03. The van der Waals surface area contributed by atoms with Gasteiger partial charge in [0.25, 0.3) is 0 Å². The van der Waals surface area contributed by atoms with Crippen LogP contribution in [0.5, 0.6) is 0 Å². The lowest BCUT2D eigenvalue weighted by atomic mass is 10.2. The molecular formula is C12H20O4. The highest BCUT2D eigenvalue weighted by Crippen LogP contribution is 2.09. The van der Waals surface area contributed by atoms with Gasteiger partial charge in [-0.2, -0.15) is 0 Å². The number of hydrogen-bond donors (Lipinski definition) is 0. The molecule has 2 aliphatic heterocycles. The Balaban J connectivity index is 1.28. The number of rotatable bonds is 10. The molecule has 0 aromatic carbocycles. The van der Waals surface area contributed by atoms with Crippen molar-refractivity contribution in [3.8, 4) is 0 Å². The molecule has 0 bridgehead atoms. The maximum atomic E-state index is 5.43. The average molecular weight is 228 g/mol. The molecule has 0 radical (unpaired) electrons. The van der Waals surface area contributed by atoms with Crippen LogP contribution in [-0.2, 0) is 18.9 Å². The number of unbranched alkanes of at least 4 members (excludes halogenated alkanes) is 2. The fourth-order valence-electron chi connectivity index (χ4n) is 1.31. The van der Waals surface area contributed by atoms with Gasteiger partial charge in [0, 0.05) is 6.61 Å². The predicted octanol–water partition coefficient (Wildman–Crippen LogP) is 1.50. The monoisotopic (exact) mass is 228 g/mol. The minimum atomic E-state index is 0.350. The van der Waals surface area contributed by atoms with Gasteiger partial charge in [-0.15, -0.1) is 0 Å². The van der Waals surface area contributed by atoms with E-state index in [9.17, 15) is 0 Å². The van der Waals surface area contributed by atoms with Gasteiger partial charge < -0.3 is 18.9 Å². The maximum absolute atomic E-state index is 5.43. The highest BCUT2D eigenvalue weighted by Gasteiger charge is 2.22. The predicted molar refractivity (Wildman–Crippen MR) is 59.2 cm³/mol. The van der Waals surface area contributed by atoms with E-state index in [0.29, 0.717) is 18.8 Å². The van der Waals surface area contributed by atoms with Crippen LogP contribution in [0.25, 0.3) is 0 Å². The summed E-state index contributed by atoms with van der Waals surface area (Å²) in [5.74, 6) is 0. The van der Waals surface area contributed by atoms with E-state index in [1.54, 1.807) is 6.26 Å². The Morgan fingerprint density at radius 3 is 2.56 bits per heavy atom. The molecule has 2 fully saturated rings. The molecule has 2 saturated heterocycles. The number of hydrogen-bond acceptors (Lipinski definition) is 4. The van der Waals surface area contributed by atoms with Gasteiger partial charge in [-0.05, 0) is 25.3 Å². The summed E-state index contributed by atoms with van der Waals surface area (Å²) < 4.78 is 20.8. The lowest BCUT2D eigenvalue weighted by Crippen LogP contribution is -2.02. The van der Waals surface area contributed by atoms with E-state index in [1.807, 2.05) is 0 Å². The van der Waals surface area contributed by atoms with Crippen LogP contribution < -0.4 is 0 Å². The zero-order chi connectivity index (χ0) is 11.1. The molecule has 4 heteroatoms. The molecule has 0 N–H and O–H groups in total. The largest absolute Gasteiger partial charge is 0.499 e. The van der Waals surface area contributed by atoms with Crippen LogP contribution in [0, 0.1) is 0 Å². The first-order chi connectivity index (χ1) is 7.95. The van der Waals surface area contributed by atoms with Crippen LogP contribution in [0.15, 0.2) is 12.3 Å². The first kappa shape index (κ1) is 11.9. The molecule has 16 heavy (non-hydrogen) atoms. The summed E-state index contributed by atoms with van der Waals surface area (Å²) in [5.41, 5.74) is 0. The molecule has 0 spiro atoms. The smallest absolute Gasteiger partial charge is 0.116 e. The summed E-state index contributed by atoms with van der Waals surface area (Å²) >= 11 is 0. The zero-order valence-electron chi connectivity index (χ0n) is 9.60. The van der Waals surface area contributed by atoms with E-state index in [2.05, 4.69) is 6.08 Å². The Labute approximate surface area is 96.5 Å². The van der Waals surface area contributed by atoms with Crippen molar-refractivity contribution in [2.75, 3.05) is 33.0 Å². The van der Waals surface area contributed by atoms with Crippen LogP contribution in [0.1, 0.15) is 19.3 Å². The third kappa shape index (κ3) is 6.10. The summed E-state index contributed by atoms with van der Waals surface area (Å²) in [6, 6.07) is 0. The van der Waals surface area contributed by atoms with E-state index >= 15 is 0 Å². The van der Waals surface area contributed by atoms with Gasteiger partial charge in [0.05, 0.1) is 26.1 Å². The molecule has 0 amide bonds. The van der Waals surface area contributed by atoms with Crippen LogP contribution in [0.3, 0.4) is 0 Å².